The molecule has 0 radical (unpaired) electrons. The minimum Gasteiger partial charge on any atom is -0.232 e. The molecule has 0 aliphatic heterocycles. The van der Waals surface area contributed by atoms with E-state index in [1.54, 1.807) is 0 Å². The van der Waals surface area contributed by atoms with Gasteiger partial charge in [0.25, 0.3) is 0 Å². The first-order valence-electron chi connectivity index (χ1n) is 7.65. The van der Waals surface area contributed by atoms with Gasteiger partial charge in [0.05, 0.1) is 11.4 Å². The highest BCUT2D eigenvalue weighted by molar-refractivity contribution is 5.71. The largest absolute Gasteiger partial charge is 0.232 e. The van der Waals surface area contributed by atoms with Crippen LogP contribution in [0.3, 0.4) is 0 Å². The molecule has 0 spiro atoms. The molecule has 2 aromatic carbocycles. The highest BCUT2D eigenvalue weighted by atomic mass is 15.3. The minimum absolute atomic E-state index is 0.431. The summed E-state index contributed by atoms with van der Waals surface area (Å²) in [6.45, 7) is 8.37. The normalized spacial score (nSPS) is 10.6. The zero-order valence-corrected chi connectivity index (χ0v) is 13.9. The van der Waals surface area contributed by atoms with Crippen LogP contribution in [0, 0.1) is 39.0 Å². The first kappa shape index (κ1) is 15.1. The fraction of sp³-hybridized carbons (Fsp3) is 0.200. The Bertz CT molecular complexity index is 903. The lowest BCUT2D eigenvalue weighted by atomic mass is 9.97. The smallest absolute Gasteiger partial charge is 0.163 e. The highest BCUT2D eigenvalue weighted by Gasteiger charge is 2.16. The molecule has 114 valence electrons. The Kier molecular flexibility index (Phi) is 3.75. The number of hydrogen-bond donors (Lipinski definition) is 0. The fourth-order valence-electron chi connectivity index (χ4n) is 3.15. The second-order valence-corrected chi connectivity index (χ2v) is 6.05. The number of nitrogens with zero attached hydrogens (tertiary/aromatic N) is 3. The molecule has 0 fully saturated rings. The Labute approximate surface area is 136 Å². The molecule has 1 aromatic heterocycles. The van der Waals surface area contributed by atoms with E-state index in [0.29, 0.717) is 5.69 Å². The number of aryl methyl sites for hydroxylation is 4. The monoisotopic (exact) mass is 301 g/mol. The molecule has 0 N–H and O–H groups in total. The lowest BCUT2D eigenvalue weighted by Crippen LogP contribution is -2.02. The Balaban J connectivity index is 2.29. The van der Waals surface area contributed by atoms with Gasteiger partial charge in [0.15, 0.2) is 5.69 Å². The summed E-state index contributed by atoms with van der Waals surface area (Å²) in [4.78, 5) is 0. The van der Waals surface area contributed by atoms with Crippen LogP contribution < -0.4 is 0 Å². The average Bonchev–Trinajstić information content (AvgIpc) is 2.90. The summed E-state index contributed by atoms with van der Waals surface area (Å²) in [5.41, 5.74) is 8.31. The molecule has 0 bridgehead atoms. The summed E-state index contributed by atoms with van der Waals surface area (Å²) in [5.74, 6) is 0. The minimum atomic E-state index is 0.431. The first-order valence-corrected chi connectivity index (χ1v) is 7.65. The molecule has 0 unspecified atom stereocenters. The van der Waals surface area contributed by atoms with Crippen molar-refractivity contribution in [3.05, 3.63) is 70.4 Å². The van der Waals surface area contributed by atoms with Crippen molar-refractivity contribution in [3.8, 4) is 23.0 Å². The third-order valence-electron chi connectivity index (χ3n) is 4.00. The topological polar surface area (TPSA) is 41.6 Å². The SMILES string of the molecule is Cc1cccc(-n2nc(C#N)cc2-c2c(C)cc(C)cc2C)c1. The second-order valence-electron chi connectivity index (χ2n) is 6.05. The molecular weight excluding hydrogens is 282 g/mol. The molecule has 3 rings (SSSR count). The van der Waals surface area contributed by atoms with E-state index in [1.165, 1.54) is 22.3 Å². The van der Waals surface area contributed by atoms with Crippen molar-refractivity contribution in [2.45, 2.75) is 27.7 Å². The predicted molar refractivity (Wildman–Crippen MR) is 92.7 cm³/mol. The van der Waals surface area contributed by atoms with E-state index in [-0.39, 0.29) is 0 Å². The Hall–Kier alpha value is -2.86. The summed E-state index contributed by atoms with van der Waals surface area (Å²) in [6.07, 6.45) is 0. The molecule has 0 aliphatic rings. The van der Waals surface area contributed by atoms with Crippen molar-refractivity contribution in [1.82, 2.24) is 9.78 Å². The number of nitriles is 1. The van der Waals surface area contributed by atoms with Crippen LogP contribution in [0.4, 0.5) is 0 Å². The summed E-state index contributed by atoms with van der Waals surface area (Å²) in [7, 11) is 0. The predicted octanol–water partition coefficient (Wildman–Crippen LogP) is 4.64. The van der Waals surface area contributed by atoms with E-state index in [9.17, 15) is 5.26 Å². The third-order valence-corrected chi connectivity index (χ3v) is 4.00. The van der Waals surface area contributed by atoms with Gasteiger partial charge in [-0.05, 0) is 56.5 Å². The lowest BCUT2D eigenvalue weighted by molar-refractivity contribution is 0.877. The summed E-state index contributed by atoms with van der Waals surface area (Å²) < 4.78 is 1.87. The van der Waals surface area contributed by atoms with Gasteiger partial charge in [0.2, 0.25) is 0 Å². The van der Waals surface area contributed by atoms with Crippen LogP contribution in [-0.4, -0.2) is 9.78 Å². The van der Waals surface area contributed by atoms with E-state index < -0.39 is 0 Å². The van der Waals surface area contributed by atoms with Crippen LogP contribution in [0.15, 0.2) is 42.5 Å². The summed E-state index contributed by atoms with van der Waals surface area (Å²) in [5, 5.41) is 13.8. The molecule has 3 aromatic rings. The van der Waals surface area contributed by atoms with E-state index >= 15 is 0 Å². The van der Waals surface area contributed by atoms with Crippen LogP contribution in [0.2, 0.25) is 0 Å². The fourth-order valence-corrected chi connectivity index (χ4v) is 3.15. The zero-order chi connectivity index (χ0) is 16.6. The van der Waals surface area contributed by atoms with Gasteiger partial charge >= 0.3 is 0 Å². The van der Waals surface area contributed by atoms with E-state index in [0.717, 1.165) is 16.9 Å². The van der Waals surface area contributed by atoms with Crippen LogP contribution >= 0.6 is 0 Å². The van der Waals surface area contributed by atoms with Gasteiger partial charge in [-0.1, -0.05) is 29.8 Å². The average molecular weight is 301 g/mol. The first-order chi connectivity index (χ1) is 11.0. The van der Waals surface area contributed by atoms with Crippen molar-refractivity contribution in [2.75, 3.05) is 0 Å². The molecule has 0 atom stereocenters. The quantitative estimate of drug-likeness (QED) is 0.691. The van der Waals surface area contributed by atoms with E-state index in [1.807, 2.05) is 22.9 Å². The molecule has 3 nitrogen and oxygen atoms in total. The molecule has 1 heterocycles. The van der Waals surface area contributed by atoms with E-state index in [2.05, 4.69) is 63.1 Å². The van der Waals surface area contributed by atoms with Crippen molar-refractivity contribution in [2.24, 2.45) is 0 Å². The Morgan fingerprint density at radius 3 is 2.22 bits per heavy atom. The summed E-state index contributed by atoms with van der Waals surface area (Å²) >= 11 is 0. The molecule has 0 aliphatic carbocycles. The van der Waals surface area contributed by atoms with Gasteiger partial charge in [-0.15, -0.1) is 0 Å². The number of benzene rings is 2. The zero-order valence-electron chi connectivity index (χ0n) is 13.9. The van der Waals surface area contributed by atoms with Crippen molar-refractivity contribution >= 4 is 0 Å². The maximum Gasteiger partial charge on any atom is 0.163 e. The third kappa shape index (κ3) is 2.76. The standard InChI is InChI=1S/C20H19N3/c1-13-6-5-7-18(10-13)23-19(11-17(12-21)22-23)20-15(3)8-14(2)9-16(20)4/h5-11H,1-4H3. The Morgan fingerprint density at radius 2 is 1.61 bits per heavy atom. The Morgan fingerprint density at radius 1 is 0.913 bits per heavy atom. The highest BCUT2D eigenvalue weighted by Crippen LogP contribution is 2.31. The number of hydrogen-bond acceptors (Lipinski definition) is 2. The molecule has 23 heavy (non-hydrogen) atoms. The number of aromatic nitrogens is 2. The molecular formula is C20H19N3. The molecule has 0 amide bonds. The van der Waals surface area contributed by atoms with Gasteiger partial charge in [-0.2, -0.15) is 10.4 Å². The molecule has 0 saturated heterocycles. The van der Waals surface area contributed by atoms with Crippen molar-refractivity contribution in [1.29, 1.82) is 5.26 Å². The van der Waals surface area contributed by atoms with Gasteiger partial charge in [0, 0.05) is 11.6 Å². The molecule has 0 saturated carbocycles. The maximum atomic E-state index is 9.28. The molecule has 3 heteroatoms. The van der Waals surface area contributed by atoms with E-state index in [4.69, 9.17) is 0 Å². The van der Waals surface area contributed by atoms with Crippen LogP contribution in [0.25, 0.3) is 16.9 Å². The van der Waals surface area contributed by atoms with Crippen LogP contribution in [-0.2, 0) is 0 Å². The lowest BCUT2D eigenvalue weighted by Gasteiger charge is -2.14. The number of rotatable bonds is 2. The summed E-state index contributed by atoms with van der Waals surface area (Å²) in [6, 6.07) is 16.5. The van der Waals surface area contributed by atoms with Gasteiger partial charge in [-0.3, -0.25) is 0 Å². The van der Waals surface area contributed by atoms with Gasteiger partial charge < -0.3 is 0 Å². The van der Waals surface area contributed by atoms with Crippen molar-refractivity contribution < 1.29 is 0 Å². The maximum absolute atomic E-state index is 9.28. The van der Waals surface area contributed by atoms with Crippen LogP contribution in [0.5, 0.6) is 0 Å². The van der Waals surface area contributed by atoms with Gasteiger partial charge in [0.1, 0.15) is 6.07 Å². The van der Waals surface area contributed by atoms with Gasteiger partial charge in [-0.25, -0.2) is 4.68 Å². The van der Waals surface area contributed by atoms with Crippen LogP contribution in [0.1, 0.15) is 27.9 Å². The second kappa shape index (κ2) is 5.73. The van der Waals surface area contributed by atoms with Crippen molar-refractivity contribution in [3.63, 3.8) is 0 Å².